The molecule has 1 amide bonds. The molecule has 0 unspecified atom stereocenters. The number of carbonyl (C=O) groups is 2. The van der Waals surface area contributed by atoms with Gasteiger partial charge in [0, 0.05) is 24.9 Å². The molecule has 4 rings (SSSR count). The van der Waals surface area contributed by atoms with E-state index in [1.165, 1.54) is 0 Å². The summed E-state index contributed by atoms with van der Waals surface area (Å²) >= 11 is 0. The Morgan fingerprint density at radius 2 is 2.05 bits per heavy atom. The van der Waals surface area contributed by atoms with E-state index in [-0.39, 0.29) is 42.4 Å². The lowest BCUT2D eigenvalue weighted by atomic mass is 9.80. The van der Waals surface area contributed by atoms with E-state index in [1.54, 1.807) is 4.90 Å². The fourth-order valence-electron chi connectivity index (χ4n) is 4.27. The Hall–Kier alpha value is -1.14. The predicted molar refractivity (Wildman–Crippen MR) is 62.1 cm³/mol. The standard InChI is InChI=1S/C13H17NO5/c15-9-2-12(1-8(9)12)10(16)14-3-7-4-19-6-13(7,5-14)11(17)18/h7-9,15H,1-6H2,(H,17,18)/t7-,8-,9-,12-,13-/m1/s1. The van der Waals surface area contributed by atoms with E-state index >= 15 is 0 Å². The van der Waals surface area contributed by atoms with E-state index < -0.39 is 11.4 Å². The van der Waals surface area contributed by atoms with Crippen LogP contribution in [-0.4, -0.2) is 59.4 Å². The van der Waals surface area contributed by atoms with Crippen molar-refractivity contribution in [2.24, 2.45) is 22.7 Å². The fraction of sp³-hybridized carbons (Fsp3) is 0.846. The molecule has 6 heteroatoms. The minimum absolute atomic E-state index is 0.0535. The Kier molecular flexibility index (Phi) is 2.03. The van der Waals surface area contributed by atoms with Gasteiger partial charge in [0.05, 0.1) is 24.7 Å². The third-order valence-electron chi connectivity index (χ3n) is 5.68. The third-order valence-corrected chi connectivity index (χ3v) is 5.68. The van der Waals surface area contributed by atoms with Crippen molar-refractivity contribution in [3.63, 3.8) is 0 Å². The number of hydrogen-bond acceptors (Lipinski definition) is 4. The van der Waals surface area contributed by atoms with Gasteiger partial charge in [0.2, 0.25) is 5.91 Å². The number of amides is 1. The summed E-state index contributed by atoms with van der Waals surface area (Å²) in [5, 5.41) is 19.0. The molecule has 0 aromatic carbocycles. The first-order chi connectivity index (χ1) is 8.99. The molecule has 2 aliphatic carbocycles. The van der Waals surface area contributed by atoms with Crippen LogP contribution >= 0.6 is 0 Å². The summed E-state index contributed by atoms with van der Waals surface area (Å²) in [6.45, 7) is 1.37. The Balaban J connectivity index is 1.54. The maximum atomic E-state index is 12.5. The van der Waals surface area contributed by atoms with E-state index in [9.17, 15) is 19.8 Å². The average molecular weight is 267 g/mol. The van der Waals surface area contributed by atoms with Crippen LogP contribution in [-0.2, 0) is 14.3 Å². The van der Waals surface area contributed by atoms with Crippen molar-refractivity contribution >= 4 is 11.9 Å². The molecule has 6 nitrogen and oxygen atoms in total. The number of rotatable bonds is 2. The van der Waals surface area contributed by atoms with Gasteiger partial charge in [-0.15, -0.1) is 0 Å². The van der Waals surface area contributed by atoms with Crippen LogP contribution in [0.4, 0.5) is 0 Å². The van der Waals surface area contributed by atoms with E-state index in [0.717, 1.165) is 6.42 Å². The van der Waals surface area contributed by atoms with Crippen molar-refractivity contribution < 1.29 is 24.5 Å². The molecule has 2 saturated carbocycles. The Morgan fingerprint density at radius 1 is 1.26 bits per heavy atom. The quantitative estimate of drug-likeness (QED) is 0.692. The first kappa shape index (κ1) is 11.7. The minimum atomic E-state index is -0.904. The largest absolute Gasteiger partial charge is 0.481 e. The number of carboxylic acids is 1. The van der Waals surface area contributed by atoms with E-state index in [1.807, 2.05) is 0 Å². The second-order valence-corrected chi connectivity index (χ2v) is 6.60. The maximum Gasteiger partial charge on any atom is 0.314 e. The van der Waals surface area contributed by atoms with Gasteiger partial charge in [-0.3, -0.25) is 9.59 Å². The highest BCUT2D eigenvalue weighted by Crippen LogP contribution is 2.68. The van der Waals surface area contributed by atoms with Crippen LogP contribution in [0.15, 0.2) is 0 Å². The average Bonchev–Trinajstić information content (AvgIpc) is 2.69. The summed E-state index contributed by atoms with van der Waals surface area (Å²) < 4.78 is 5.30. The van der Waals surface area contributed by atoms with Crippen molar-refractivity contribution in [2.45, 2.75) is 18.9 Å². The molecule has 2 heterocycles. The summed E-state index contributed by atoms with van der Waals surface area (Å²) in [7, 11) is 0. The molecule has 4 fully saturated rings. The van der Waals surface area contributed by atoms with Gasteiger partial charge in [0.1, 0.15) is 5.41 Å². The van der Waals surface area contributed by atoms with Crippen LogP contribution in [0.5, 0.6) is 0 Å². The molecule has 0 radical (unpaired) electrons. The molecule has 2 saturated heterocycles. The van der Waals surface area contributed by atoms with Crippen molar-refractivity contribution in [3.8, 4) is 0 Å². The lowest BCUT2D eigenvalue weighted by Gasteiger charge is -2.33. The number of aliphatic hydroxyl groups excluding tert-OH is 1. The summed E-state index contributed by atoms with van der Waals surface area (Å²) in [6, 6.07) is 0. The Bertz CT molecular complexity index is 480. The molecule has 0 bridgehead atoms. The Morgan fingerprint density at radius 3 is 2.58 bits per heavy atom. The van der Waals surface area contributed by atoms with Crippen molar-refractivity contribution in [2.75, 3.05) is 26.3 Å². The van der Waals surface area contributed by atoms with Crippen molar-refractivity contribution in [3.05, 3.63) is 0 Å². The number of nitrogens with zero attached hydrogens (tertiary/aromatic N) is 1. The molecule has 19 heavy (non-hydrogen) atoms. The number of aliphatic carboxylic acids is 1. The number of carbonyl (C=O) groups excluding carboxylic acids is 1. The van der Waals surface area contributed by atoms with Crippen LogP contribution in [0.2, 0.25) is 0 Å². The van der Waals surface area contributed by atoms with Gasteiger partial charge in [-0.25, -0.2) is 0 Å². The van der Waals surface area contributed by atoms with Crippen LogP contribution in [0.25, 0.3) is 0 Å². The number of fused-ring (bicyclic) bond motifs is 2. The zero-order valence-electron chi connectivity index (χ0n) is 10.5. The fourth-order valence-corrected chi connectivity index (χ4v) is 4.27. The van der Waals surface area contributed by atoms with Gasteiger partial charge < -0.3 is 19.8 Å². The zero-order chi connectivity index (χ0) is 13.4. The molecule has 2 aliphatic heterocycles. The zero-order valence-corrected chi connectivity index (χ0v) is 10.5. The number of ether oxygens (including phenoxy) is 1. The summed E-state index contributed by atoms with van der Waals surface area (Å²) in [5.74, 6) is -0.772. The highest BCUT2D eigenvalue weighted by atomic mass is 16.5. The van der Waals surface area contributed by atoms with Crippen LogP contribution in [0.3, 0.4) is 0 Å². The molecule has 0 spiro atoms. The highest BCUT2D eigenvalue weighted by molar-refractivity contribution is 5.89. The topological polar surface area (TPSA) is 87.1 Å². The van der Waals surface area contributed by atoms with Crippen molar-refractivity contribution in [1.29, 1.82) is 0 Å². The molecule has 104 valence electrons. The normalized spacial score (nSPS) is 50.4. The third kappa shape index (κ3) is 1.24. The number of carboxylic acid groups (broad SMARTS) is 1. The van der Waals surface area contributed by atoms with E-state index in [2.05, 4.69) is 0 Å². The number of likely N-dealkylation sites (tertiary alicyclic amines) is 1. The lowest BCUT2D eigenvalue weighted by Crippen LogP contribution is -2.46. The van der Waals surface area contributed by atoms with Crippen LogP contribution < -0.4 is 0 Å². The predicted octanol–water partition coefficient (Wildman–Crippen LogP) is -0.683. The first-order valence-corrected chi connectivity index (χ1v) is 6.78. The van der Waals surface area contributed by atoms with E-state index in [0.29, 0.717) is 19.6 Å². The van der Waals surface area contributed by atoms with Gasteiger partial charge in [-0.1, -0.05) is 0 Å². The molecule has 0 aromatic heterocycles. The smallest absolute Gasteiger partial charge is 0.314 e. The summed E-state index contributed by atoms with van der Waals surface area (Å²) in [5.41, 5.74) is -1.25. The van der Waals surface area contributed by atoms with E-state index in [4.69, 9.17) is 4.74 Å². The summed E-state index contributed by atoms with van der Waals surface area (Å²) in [6.07, 6.45) is 0.988. The highest BCUT2D eigenvalue weighted by Gasteiger charge is 2.73. The molecule has 4 aliphatic rings. The lowest BCUT2D eigenvalue weighted by molar-refractivity contribution is -0.151. The maximum absolute atomic E-state index is 12.5. The number of aliphatic hydroxyl groups is 1. The molecule has 0 aromatic rings. The minimum Gasteiger partial charge on any atom is -0.481 e. The molecular weight excluding hydrogens is 250 g/mol. The second-order valence-electron chi connectivity index (χ2n) is 6.60. The molecule has 5 atom stereocenters. The molecular formula is C13H17NO5. The van der Waals surface area contributed by atoms with Gasteiger partial charge in [0.15, 0.2) is 0 Å². The van der Waals surface area contributed by atoms with Crippen molar-refractivity contribution in [1.82, 2.24) is 4.90 Å². The van der Waals surface area contributed by atoms with Gasteiger partial charge in [0.25, 0.3) is 0 Å². The summed E-state index contributed by atoms with van der Waals surface area (Å²) in [4.78, 5) is 25.7. The van der Waals surface area contributed by atoms with Crippen LogP contribution in [0.1, 0.15) is 12.8 Å². The SMILES string of the molecule is O=C(O)[C@]12COC[C@H]1CN(C(=O)[C@]13C[C@@H](O)[C@H]1C3)C2. The first-order valence-electron chi connectivity index (χ1n) is 6.78. The number of hydrogen-bond donors (Lipinski definition) is 2. The van der Waals surface area contributed by atoms with Crippen LogP contribution in [0, 0.1) is 22.7 Å². The van der Waals surface area contributed by atoms with Gasteiger partial charge in [-0.05, 0) is 12.8 Å². The second kappa shape index (κ2) is 3.30. The Labute approximate surface area is 110 Å². The van der Waals surface area contributed by atoms with Gasteiger partial charge >= 0.3 is 5.97 Å². The molecule has 2 N–H and O–H groups in total. The monoisotopic (exact) mass is 267 g/mol. The van der Waals surface area contributed by atoms with Gasteiger partial charge in [-0.2, -0.15) is 0 Å².